The molecule has 0 aromatic heterocycles. The van der Waals surface area contributed by atoms with E-state index in [0.29, 0.717) is 18.8 Å². The predicted octanol–water partition coefficient (Wildman–Crippen LogP) is 4.04. The number of benzene rings is 1. The van der Waals surface area contributed by atoms with Crippen LogP contribution in [-0.2, 0) is 26.1 Å². The van der Waals surface area contributed by atoms with Crippen LogP contribution in [0.1, 0.15) is 69.6 Å². The molecule has 0 saturated carbocycles. The molecule has 1 aromatic carbocycles. The van der Waals surface area contributed by atoms with Gasteiger partial charge in [-0.2, -0.15) is 0 Å². The van der Waals surface area contributed by atoms with Crippen molar-refractivity contribution >= 4 is 5.97 Å². The third-order valence-corrected chi connectivity index (χ3v) is 4.49. The van der Waals surface area contributed by atoms with E-state index in [2.05, 4.69) is 32.9 Å². The molecule has 0 saturated heterocycles. The maximum atomic E-state index is 11.6. The second-order valence-electron chi connectivity index (χ2n) is 8.03. The molecular formula is C22H36O5. The number of hydrogen-bond acceptors (Lipinski definition) is 5. The lowest BCUT2D eigenvalue weighted by molar-refractivity contribution is -0.145. The topological polar surface area (TPSA) is 76.0 Å². The molecule has 1 aromatic rings. The number of aliphatic hydroxyl groups is 1. The van der Waals surface area contributed by atoms with Crippen LogP contribution in [0.2, 0.25) is 0 Å². The molecule has 5 nitrogen and oxygen atoms in total. The van der Waals surface area contributed by atoms with Gasteiger partial charge in [0.25, 0.3) is 0 Å². The van der Waals surface area contributed by atoms with Crippen molar-refractivity contribution in [2.24, 2.45) is 0 Å². The van der Waals surface area contributed by atoms with Crippen LogP contribution in [0.3, 0.4) is 0 Å². The van der Waals surface area contributed by atoms with Crippen molar-refractivity contribution in [1.29, 1.82) is 0 Å². The summed E-state index contributed by atoms with van der Waals surface area (Å²) in [5.74, 6) is 0.220. The smallest absolute Gasteiger partial charge is 0.305 e. The van der Waals surface area contributed by atoms with Crippen LogP contribution in [0.5, 0.6) is 5.75 Å². The van der Waals surface area contributed by atoms with Crippen LogP contribution in [0, 0.1) is 6.92 Å². The van der Waals surface area contributed by atoms with Gasteiger partial charge in [0.15, 0.2) is 0 Å². The maximum Gasteiger partial charge on any atom is 0.305 e. The van der Waals surface area contributed by atoms with Crippen molar-refractivity contribution in [1.82, 2.24) is 0 Å². The SMILES string of the molecule is Cc1cc(CCCCCCC(=O)OCCOCCO)cc(C(C)(C)C)c1O. The van der Waals surface area contributed by atoms with Crippen molar-refractivity contribution in [3.05, 3.63) is 28.8 Å². The van der Waals surface area contributed by atoms with Gasteiger partial charge in [0.2, 0.25) is 0 Å². The number of phenolic OH excluding ortho intramolecular Hbond substituents is 1. The lowest BCUT2D eigenvalue weighted by Gasteiger charge is -2.22. The number of phenols is 1. The Morgan fingerprint density at radius 1 is 1.04 bits per heavy atom. The van der Waals surface area contributed by atoms with Gasteiger partial charge in [0, 0.05) is 6.42 Å². The highest BCUT2D eigenvalue weighted by Crippen LogP contribution is 2.34. The Hall–Kier alpha value is -1.59. The monoisotopic (exact) mass is 380 g/mol. The molecule has 0 aliphatic rings. The number of hydrogen-bond donors (Lipinski definition) is 2. The molecule has 5 heteroatoms. The Labute approximate surface area is 163 Å². The van der Waals surface area contributed by atoms with E-state index < -0.39 is 0 Å². The molecule has 0 unspecified atom stereocenters. The van der Waals surface area contributed by atoms with Gasteiger partial charge in [-0.1, -0.05) is 45.7 Å². The molecule has 0 aliphatic carbocycles. The minimum absolute atomic E-state index is 0.0187. The number of aromatic hydroxyl groups is 1. The molecule has 1 rings (SSSR count). The van der Waals surface area contributed by atoms with Gasteiger partial charge in [0.1, 0.15) is 12.4 Å². The predicted molar refractivity (Wildman–Crippen MR) is 107 cm³/mol. The van der Waals surface area contributed by atoms with Gasteiger partial charge >= 0.3 is 5.97 Å². The van der Waals surface area contributed by atoms with Gasteiger partial charge in [-0.25, -0.2) is 0 Å². The fourth-order valence-corrected chi connectivity index (χ4v) is 2.98. The molecular weight excluding hydrogens is 344 g/mol. The Morgan fingerprint density at radius 3 is 2.41 bits per heavy atom. The number of ether oxygens (including phenoxy) is 2. The lowest BCUT2D eigenvalue weighted by atomic mass is 9.83. The van der Waals surface area contributed by atoms with Gasteiger partial charge in [0.05, 0.1) is 19.8 Å². The number of aryl methyl sites for hydroxylation is 2. The van der Waals surface area contributed by atoms with Crippen molar-refractivity contribution in [3.63, 3.8) is 0 Å². The average molecular weight is 381 g/mol. The standard InChI is InChI=1S/C22H36O5/c1-17-15-18(16-19(21(17)25)22(2,3)4)9-7-5-6-8-10-20(24)27-14-13-26-12-11-23/h15-16,23,25H,5-14H2,1-4H3. The Balaban J connectivity index is 2.23. The number of carbonyl (C=O) groups is 1. The molecule has 0 heterocycles. The van der Waals surface area contributed by atoms with Crippen LogP contribution in [-0.4, -0.2) is 42.6 Å². The summed E-state index contributed by atoms with van der Waals surface area (Å²) in [7, 11) is 0. The van der Waals surface area contributed by atoms with Gasteiger partial charge in [-0.05, 0) is 48.3 Å². The van der Waals surface area contributed by atoms with Crippen LogP contribution >= 0.6 is 0 Å². The maximum absolute atomic E-state index is 11.6. The van der Waals surface area contributed by atoms with Crippen LogP contribution in [0.25, 0.3) is 0 Å². The van der Waals surface area contributed by atoms with E-state index in [4.69, 9.17) is 14.6 Å². The normalized spacial score (nSPS) is 11.6. The number of aliphatic hydroxyl groups excluding tert-OH is 1. The van der Waals surface area contributed by atoms with E-state index in [1.807, 2.05) is 6.92 Å². The third kappa shape index (κ3) is 9.25. The van der Waals surface area contributed by atoms with Gasteiger partial charge in [-0.15, -0.1) is 0 Å². The van der Waals surface area contributed by atoms with Gasteiger partial charge in [-0.3, -0.25) is 4.79 Å². The van der Waals surface area contributed by atoms with E-state index in [0.717, 1.165) is 43.2 Å². The second kappa shape index (κ2) is 12.0. The van der Waals surface area contributed by atoms with E-state index in [9.17, 15) is 9.90 Å². The van der Waals surface area contributed by atoms with Gasteiger partial charge < -0.3 is 19.7 Å². The molecule has 2 N–H and O–H groups in total. The van der Waals surface area contributed by atoms with Crippen molar-refractivity contribution in [2.75, 3.05) is 26.4 Å². The van der Waals surface area contributed by atoms with Crippen molar-refractivity contribution in [2.45, 2.75) is 71.6 Å². The molecule has 0 atom stereocenters. The summed E-state index contributed by atoms with van der Waals surface area (Å²) in [6.07, 6.45) is 5.39. The molecule has 0 bridgehead atoms. The summed E-state index contributed by atoms with van der Waals surface area (Å²) in [4.78, 5) is 11.6. The molecule has 27 heavy (non-hydrogen) atoms. The molecule has 0 amide bonds. The molecule has 0 fully saturated rings. The summed E-state index contributed by atoms with van der Waals surface area (Å²) < 4.78 is 10.1. The number of esters is 1. The van der Waals surface area contributed by atoms with Crippen LogP contribution in [0.15, 0.2) is 12.1 Å². The number of unbranched alkanes of at least 4 members (excludes halogenated alkanes) is 3. The van der Waals surface area contributed by atoms with Crippen molar-refractivity contribution < 1.29 is 24.5 Å². The van der Waals surface area contributed by atoms with Crippen LogP contribution < -0.4 is 0 Å². The minimum atomic E-state index is -0.188. The summed E-state index contributed by atoms with van der Waals surface area (Å²) >= 11 is 0. The summed E-state index contributed by atoms with van der Waals surface area (Å²) in [5, 5.41) is 18.9. The quantitative estimate of drug-likeness (QED) is 0.423. The summed E-state index contributed by atoms with van der Waals surface area (Å²) in [5.41, 5.74) is 3.12. The second-order valence-corrected chi connectivity index (χ2v) is 8.03. The third-order valence-electron chi connectivity index (χ3n) is 4.49. The Kier molecular flexibility index (Phi) is 10.4. The summed E-state index contributed by atoms with van der Waals surface area (Å²) in [6, 6.07) is 4.19. The van der Waals surface area contributed by atoms with E-state index >= 15 is 0 Å². The zero-order chi connectivity index (χ0) is 20.3. The number of carbonyl (C=O) groups excluding carboxylic acids is 1. The fraction of sp³-hybridized carbons (Fsp3) is 0.682. The summed E-state index contributed by atoms with van der Waals surface area (Å²) in [6.45, 7) is 9.12. The fourth-order valence-electron chi connectivity index (χ4n) is 2.98. The highest BCUT2D eigenvalue weighted by Gasteiger charge is 2.20. The first-order valence-corrected chi connectivity index (χ1v) is 9.93. The van der Waals surface area contributed by atoms with Crippen molar-refractivity contribution in [3.8, 4) is 5.75 Å². The molecule has 154 valence electrons. The molecule has 0 radical (unpaired) electrons. The Morgan fingerprint density at radius 2 is 1.74 bits per heavy atom. The average Bonchev–Trinajstić information content (AvgIpc) is 2.59. The zero-order valence-corrected chi connectivity index (χ0v) is 17.3. The minimum Gasteiger partial charge on any atom is -0.507 e. The highest BCUT2D eigenvalue weighted by molar-refractivity contribution is 5.69. The largest absolute Gasteiger partial charge is 0.507 e. The first kappa shape index (κ1) is 23.4. The number of rotatable bonds is 12. The lowest BCUT2D eigenvalue weighted by Crippen LogP contribution is -2.12. The Bertz CT molecular complexity index is 575. The zero-order valence-electron chi connectivity index (χ0n) is 17.3. The first-order valence-electron chi connectivity index (χ1n) is 9.93. The molecule has 0 spiro atoms. The van der Waals surface area contributed by atoms with E-state index in [-0.39, 0.29) is 31.2 Å². The van der Waals surface area contributed by atoms with Crippen LogP contribution in [0.4, 0.5) is 0 Å². The van der Waals surface area contributed by atoms with E-state index in [1.54, 1.807) is 0 Å². The highest BCUT2D eigenvalue weighted by atomic mass is 16.6. The van der Waals surface area contributed by atoms with E-state index in [1.165, 1.54) is 5.56 Å². The molecule has 0 aliphatic heterocycles. The first-order chi connectivity index (χ1) is 12.8.